The highest BCUT2D eigenvalue weighted by atomic mass is 35.5. The molecule has 2 rings (SSSR count). The number of hydrogen-bond acceptors (Lipinski definition) is 4. The second-order valence-electron chi connectivity index (χ2n) is 5.69. The van der Waals surface area contributed by atoms with E-state index in [1.807, 2.05) is 0 Å². The van der Waals surface area contributed by atoms with Crippen molar-refractivity contribution in [2.45, 2.75) is 13.0 Å². The summed E-state index contributed by atoms with van der Waals surface area (Å²) in [5.41, 5.74) is 5.65. The minimum absolute atomic E-state index is 0. The molecule has 142 valence electrons. The van der Waals surface area contributed by atoms with Gasteiger partial charge in [0.25, 0.3) is 5.91 Å². The lowest BCUT2D eigenvalue weighted by Gasteiger charge is -2.35. The summed E-state index contributed by atoms with van der Waals surface area (Å²) in [6, 6.07) is 5.44. The molecule has 2 amide bonds. The fraction of sp³-hybridized carbons (Fsp3) is 0.500. The maximum absolute atomic E-state index is 13.5. The van der Waals surface area contributed by atoms with Crippen LogP contribution < -0.4 is 11.1 Å². The van der Waals surface area contributed by atoms with Gasteiger partial charge in [-0.25, -0.2) is 4.39 Å². The Hall–Kier alpha value is -1.41. The molecule has 0 unspecified atom stereocenters. The summed E-state index contributed by atoms with van der Waals surface area (Å²) in [4.78, 5) is 27.6. The molecule has 1 aromatic rings. The van der Waals surface area contributed by atoms with Gasteiger partial charge in [-0.1, -0.05) is 12.1 Å². The van der Waals surface area contributed by atoms with Gasteiger partial charge in [0, 0.05) is 39.3 Å². The molecule has 0 bridgehead atoms. The number of halogens is 3. The summed E-state index contributed by atoms with van der Waals surface area (Å²) in [6.45, 7) is 5.56. The Kier molecular flexibility index (Phi) is 10.6. The molecule has 0 saturated carbocycles. The molecule has 1 aliphatic rings. The maximum Gasteiger partial charge on any atom is 0.254 e. The van der Waals surface area contributed by atoms with Crippen LogP contribution in [0.15, 0.2) is 24.3 Å². The minimum Gasteiger partial charge on any atom is -0.351 e. The first-order valence-electron chi connectivity index (χ1n) is 7.78. The maximum atomic E-state index is 13.5. The Bertz CT molecular complexity index is 567. The molecule has 9 heteroatoms. The molecule has 0 radical (unpaired) electrons. The van der Waals surface area contributed by atoms with E-state index in [-0.39, 0.29) is 36.3 Å². The van der Waals surface area contributed by atoms with Crippen molar-refractivity contribution in [1.82, 2.24) is 15.1 Å². The standard InChI is InChI=1S/C16H23FN4O2.2ClH/c1-12(18)16(23)21-10-8-20(9-11-21)7-6-19-15(22)13-4-2-3-5-14(13)17;;/h2-5,12H,6-11,18H2,1H3,(H,19,22);2*1H/t12-;;/m1../s1. The summed E-state index contributed by atoms with van der Waals surface area (Å²) in [6.07, 6.45) is 0. The van der Waals surface area contributed by atoms with Crippen LogP contribution in [-0.2, 0) is 4.79 Å². The number of amides is 2. The van der Waals surface area contributed by atoms with Crippen molar-refractivity contribution in [3.8, 4) is 0 Å². The molecule has 0 aromatic heterocycles. The van der Waals surface area contributed by atoms with Crippen molar-refractivity contribution in [2.75, 3.05) is 39.3 Å². The predicted molar refractivity (Wildman–Crippen MR) is 99.9 cm³/mol. The zero-order valence-electron chi connectivity index (χ0n) is 14.1. The van der Waals surface area contributed by atoms with E-state index in [9.17, 15) is 14.0 Å². The Morgan fingerprint density at radius 3 is 2.36 bits per heavy atom. The topological polar surface area (TPSA) is 78.7 Å². The van der Waals surface area contributed by atoms with Crippen molar-refractivity contribution in [2.24, 2.45) is 5.73 Å². The summed E-state index contributed by atoms with van der Waals surface area (Å²) in [7, 11) is 0. The third kappa shape index (κ3) is 6.78. The highest BCUT2D eigenvalue weighted by molar-refractivity contribution is 5.94. The monoisotopic (exact) mass is 394 g/mol. The largest absolute Gasteiger partial charge is 0.351 e. The average molecular weight is 395 g/mol. The lowest BCUT2D eigenvalue weighted by atomic mass is 10.2. The number of rotatable bonds is 5. The van der Waals surface area contributed by atoms with Crippen molar-refractivity contribution < 1.29 is 14.0 Å². The molecule has 1 atom stereocenters. The van der Waals surface area contributed by atoms with Gasteiger partial charge in [-0.3, -0.25) is 14.5 Å². The van der Waals surface area contributed by atoms with Crippen LogP contribution in [0.1, 0.15) is 17.3 Å². The lowest BCUT2D eigenvalue weighted by molar-refractivity contribution is -0.133. The Morgan fingerprint density at radius 2 is 1.80 bits per heavy atom. The third-order valence-electron chi connectivity index (χ3n) is 3.91. The second kappa shape index (κ2) is 11.3. The second-order valence-corrected chi connectivity index (χ2v) is 5.69. The van der Waals surface area contributed by atoms with E-state index in [1.54, 1.807) is 24.0 Å². The number of piperazine rings is 1. The van der Waals surface area contributed by atoms with Gasteiger partial charge in [0.1, 0.15) is 5.82 Å². The molecule has 1 aromatic carbocycles. The Morgan fingerprint density at radius 1 is 1.20 bits per heavy atom. The van der Waals surface area contributed by atoms with Crippen LogP contribution in [0.3, 0.4) is 0 Å². The van der Waals surface area contributed by atoms with E-state index < -0.39 is 17.8 Å². The number of benzene rings is 1. The molecular weight excluding hydrogens is 370 g/mol. The minimum atomic E-state index is -0.520. The summed E-state index contributed by atoms with van der Waals surface area (Å²) in [5.74, 6) is -0.959. The van der Waals surface area contributed by atoms with Gasteiger partial charge in [-0.15, -0.1) is 24.8 Å². The predicted octanol–water partition coefficient (Wildman–Crippen LogP) is 0.891. The van der Waals surface area contributed by atoms with Gasteiger partial charge in [-0.2, -0.15) is 0 Å². The normalized spacial score (nSPS) is 15.6. The van der Waals surface area contributed by atoms with Gasteiger partial charge in [0.15, 0.2) is 0 Å². The van der Waals surface area contributed by atoms with Crippen LogP contribution in [0, 0.1) is 5.82 Å². The molecular formula is C16H25Cl2FN4O2. The molecule has 3 N–H and O–H groups in total. The van der Waals surface area contributed by atoms with Gasteiger partial charge in [-0.05, 0) is 19.1 Å². The molecule has 1 aliphatic heterocycles. The fourth-order valence-corrected chi connectivity index (χ4v) is 2.55. The van der Waals surface area contributed by atoms with E-state index >= 15 is 0 Å². The van der Waals surface area contributed by atoms with E-state index in [4.69, 9.17) is 5.73 Å². The van der Waals surface area contributed by atoms with Gasteiger partial charge >= 0.3 is 0 Å². The van der Waals surface area contributed by atoms with Crippen molar-refractivity contribution in [1.29, 1.82) is 0 Å². The van der Waals surface area contributed by atoms with Gasteiger partial charge < -0.3 is 16.0 Å². The van der Waals surface area contributed by atoms with E-state index in [0.717, 1.165) is 13.1 Å². The smallest absolute Gasteiger partial charge is 0.254 e. The van der Waals surface area contributed by atoms with Crippen molar-refractivity contribution in [3.05, 3.63) is 35.6 Å². The highest BCUT2D eigenvalue weighted by Crippen LogP contribution is 2.06. The summed E-state index contributed by atoms with van der Waals surface area (Å²) >= 11 is 0. The van der Waals surface area contributed by atoms with E-state index in [0.29, 0.717) is 26.2 Å². The Balaban J connectivity index is 0.00000288. The average Bonchev–Trinajstić information content (AvgIpc) is 2.55. The first-order chi connectivity index (χ1) is 11.0. The van der Waals surface area contributed by atoms with Gasteiger partial charge in [0.2, 0.25) is 5.91 Å². The van der Waals surface area contributed by atoms with Crippen LogP contribution in [0.2, 0.25) is 0 Å². The number of nitrogens with one attached hydrogen (secondary N) is 1. The first kappa shape index (κ1) is 23.6. The van der Waals surface area contributed by atoms with E-state index in [1.165, 1.54) is 12.1 Å². The van der Waals surface area contributed by atoms with Crippen LogP contribution in [0.25, 0.3) is 0 Å². The molecule has 0 aliphatic carbocycles. The Labute approximate surface area is 159 Å². The number of carbonyl (C=O) groups is 2. The van der Waals surface area contributed by atoms with Crippen molar-refractivity contribution in [3.63, 3.8) is 0 Å². The molecule has 1 fully saturated rings. The number of nitrogens with two attached hydrogens (primary N) is 1. The van der Waals surface area contributed by atoms with E-state index in [2.05, 4.69) is 10.2 Å². The molecule has 1 heterocycles. The quantitative estimate of drug-likeness (QED) is 0.777. The number of hydrogen-bond donors (Lipinski definition) is 2. The first-order valence-corrected chi connectivity index (χ1v) is 7.78. The fourth-order valence-electron chi connectivity index (χ4n) is 2.55. The van der Waals surface area contributed by atoms with Gasteiger partial charge in [0.05, 0.1) is 11.6 Å². The van der Waals surface area contributed by atoms with Crippen LogP contribution in [0.5, 0.6) is 0 Å². The summed E-state index contributed by atoms with van der Waals surface area (Å²) < 4.78 is 13.5. The summed E-state index contributed by atoms with van der Waals surface area (Å²) in [5, 5.41) is 2.72. The van der Waals surface area contributed by atoms with Crippen molar-refractivity contribution >= 4 is 36.6 Å². The van der Waals surface area contributed by atoms with Crippen LogP contribution >= 0.6 is 24.8 Å². The number of carbonyl (C=O) groups excluding carboxylic acids is 2. The third-order valence-corrected chi connectivity index (χ3v) is 3.91. The SMILES string of the molecule is C[C@@H](N)C(=O)N1CCN(CCNC(=O)c2ccccc2F)CC1.Cl.Cl. The molecule has 25 heavy (non-hydrogen) atoms. The van der Waals surface area contributed by atoms with Crippen LogP contribution in [-0.4, -0.2) is 66.9 Å². The zero-order chi connectivity index (χ0) is 16.8. The van der Waals surface area contributed by atoms with Crippen LogP contribution in [0.4, 0.5) is 4.39 Å². The number of nitrogens with zero attached hydrogens (tertiary/aromatic N) is 2. The zero-order valence-corrected chi connectivity index (χ0v) is 15.7. The molecule has 6 nitrogen and oxygen atoms in total. The molecule has 1 saturated heterocycles. The molecule has 0 spiro atoms. The highest BCUT2D eigenvalue weighted by Gasteiger charge is 2.22. The lowest BCUT2D eigenvalue weighted by Crippen LogP contribution is -2.53.